The third-order valence-electron chi connectivity index (χ3n) is 3.39. The van der Waals surface area contributed by atoms with Crippen LogP contribution in [0.5, 0.6) is 0 Å². The Bertz CT molecular complexity index is 821. The summed E-state index contributed by atoms with van der Waals surface area (Å²) in [5.41, 5.74) is 4.07. The summed E-state index contributed by atoms with van der Waals surface area (Å²) in [6.45, 7) is 3.70. The van der Waals surface area contributed by atoms with Crippen LogP contribution in [0, 0.1) is 13.8 Å². The molecule has 0 radical (unpaired) electrons. The van der Waals surface area contributed by atoms with E-state index in [-0.39, 0.29) is 5.56 Å². The van der Waals surface area contributed by atoms with Crippen molar-refractivity contribution in [2.24, 2.45) is 0 Å². The highest BCUT2D eigenvalue weighted by Gasteiger charge is 2.09. The second kappa shape index (κ2) is 4.31. The SMILES string of the molecule is Cc1c(-c2cnc3ccccc3c2)n[nH]c(=O)c1C. The van der Waals surface area contributed by atoms with Crippen molar-refractivity contribution in [3.05, 3.63) is 58.0 Å². The van der Waals surface area contributed by atoms with Crippen molar-refractivity contribution >= 4 is 10.9 Å². The van der Waals surface area contributed by atoms with Crippen LogP contribution in [0.1, 0.15) is 11.1 Å². The molecule has 0 atom stereocenters. The third kappa shape index (κ3) is 1.91. The van der Waals surface area contributed by atoms with Crippen LogP contribution in [0.4, 0.5) is 0 Å². The molecule has 2 aromatic heterocycles. The molecule has 1 N–H and O–H groups in total. The molecule has 0 saturated heterocycles. The number of nitrogens with one attached hydrogen (secondary N) is 1. The van der Waals surface area contributed by atoms with E-state index in [2.05, 4.69) is 15.2 Å². The lowest BCUT2D eigenvalue weighted by Crippen LogP contribution is -2.14. The summed E-state index contributed by atoms with van der Waals surface area (Å²) in [6.07, 6.45) is 1.79. The minimum absolute atomic E-state index is 0.144. The fourth-order valence-electron chi connectivity index (χ4n) is 2.10. The Labute approximate surface area is 110 Å². The third-order valence-corrected chi connectivity index (χ3v) is 3.39. The maximum absolute atomic E-state index is 11.5. The van der Waals surface area contributed by atoms with Crippen molar-refractivity contribution in [3.63, 3.8) is 0 Å². The Morgan fingerprint density at radius 2 is 1.89 bits per heavy atom. The molecule has 4 nitrogen and oxygen atoms in total. The maximum Gasteiger partial charge on any atom is 0.267 e. The van der Waals surface area contributed by atoms with E-state index < -0.39 is 0 Å². The van der Waals surface area contributed by atoms with Gasteiger partial charge in [-0.3, -0.25) is 9.78 Å². The number of benzene rings is 1. The van der Waals surface area contributed by atoms with E-state index >= 15 is 0 Å². The molecule has 0 fully saturated rings. The summed E-state index contributed by atoms with van der Waals surface area (Å²) in [4.78, 5) is 15.9. The topological polar surface area (TPSA) is 58.6 Å². The first-order chi connectivity index (χ1) is 9.16. The number of H-pyrrole nitrogens is 1. The summed E-state index contributed by atoms with van der Waals surface area (Å²) in [7, 11) is 0. The first kappa shape index (κ1) is 11.6. The van der Waals surface area contributed by atoms with Gasteiger partial charge in [0.2, 0.25) is 0 Å². The Hall–Kier alpha value is -2.49. The van der Waals surface area contributed by atoms with E-state index in [1.807, 2.05) is 37.3 Å². The van der Waals surface area contributed by atoms with Gasteiger partial charge in [0.05, 0.1) is 11.2 Å². The summed E-state index contributed by atoms with van der Waals surface area (Å²) in [5.74, 6) is 0. The minimum atomic E-state index is -0.144. The van der Waals surface area contributed by atoms with E-state index in [1.54, 1.807) is 13.1 Å². The molecule has 3 aromatic rings. The molecule has 19 heavy (non-hydrogen) atoms. The van der Waals surface area contributed by atoms with Crippen LogP contribution < -0.4 is 5.56 Å². The van der Waals surface area contributed by atoms with Crippen molar-refractivity contribution in [2.75, 3.05) is 0 Å². The van der Waals surface area contributed by atoms with E-state index in [1.165, 1.54) is 0 Å². The molecule has 4 heteroatoms. The van der Waals surface area contributed by atoms with Gasteiger partial charge in [0.15, 0.2) is 0 Å². The largest absolute Gasteiger partial charge is 0.268 e. The van der Waals surface area contributed by atoms with Gasteiger partial charge < -0.3 is 0 Å². The predicted octanol–water partition coefficient (Wildman–Crippen LogP) is 2.60. The van der Waals surface area contributed by atoms with Crippen LogP contribution in [0.15, 0.2) is 41.3 Å². The van der Waals surface area contributed by atoms with E-state index in [4.69, 9.17) is 0 Å². The quantitative estimate of drug-likeness (QED) is 0.723. The van der Waals surface area contributed by atoms with E-state index in [0.717, 1.165) is 27.7 Å². The number of nitrogens with zero attached hydrogens (tertiary/aromatic N) is 2. The first-order valence-corrected chi connectivity index (χ1v) is 6.08. The zero-order valence-electron chi connectivity index (χ0n) is 10.8. The van der Waals surface area contributed by atoms with Crippen molar-refractivity contribution in [1.82, 2.24) is 15.2 Å². The van der Waals surface area contributed by atoms with Crippen LogP contribution in [0.2, 0.25) is 0 Å². The summed E-state index contributed by atoms with van der Waals surface area (Å²) >= 11 is 0. The standard InChI is InChI=1S/C15H13N3O/c1-9-10(2)15(19)18-17-14(9)12-7-11-5-3-4-6-13(11)16-8-12/h3-8H,1-2H3,(H,18,19). The number of pyridine rings is 1. The fraction of sp³-hybridized carbons (Fsp3) is 0.133. The number of fused-ring (bicyclic) bond motifs is 1. The smallest absolute Gasteiger partial charge is 0.267 e. The van der Waals surface area contributed by atoms with Crippen LogP contribution in [0.25, 0.3) is 22.2 Å². The van der Waals surface area contributed by atoms with Gasteiger partial charge in [0, 0.05) is 22.7 Å². The average molecular weight is 251 g/mol. The van der Waals surface area contributed by atoms with Crippen LogP contribution in [-0.4, -0.2) is 15.2 Å². The zero-order chi connectivity index (χ0) is 13.4. The highest BCUT2D eigenvalue weighted by Crippen LogP contribution is 2.23. The number of aromatic amines is 1. The second-order valence-corrected chi connectivity index (χ2v) is 4.57. The maximum atomic E-state index is 11.5. The lowest BCUT2D eigenvalue weighted by molar-refractivity contribution is 0.958. The van der Waals surface area contributed by atoms with Gasteiger partial charge in [-0.25, -0.2) is 5.10 Å². The van der Waals surface area contributed by atoms with Gasteiger partial charge in [0.1, 0.15) is 0 Å². The highest BCUT2D eigenvalue weighted by atomic mass is 16.1. The van der Waals surface area contributed by atoms with Crippen LogP contribution in [-0.2, 0) is 0 Å². The van der Waals surface area contributed by atoms with Crippen LogP contribution in [0.3, 0.4) is 0 Å². The molecular formula is C15H13N3O. The molecule has 0 aliphatic heterocycles. The van der Waals surface area contributed by atoms with Gasteiger partial charge in [-0.05, 0) is 31.5 Å². The molecule has 0 unspecified atom stereocenters. The molecule has 0 aliphatic rings. The summed E-state index contributed by atoms with van der Waals surface area (Å²) < 4.78 is 0. The lowest BCUT2D eigenvalue weighted by Gasteiger charge is -2.07. The van der Waals surface area contributed by atoms with Crippen molar-refractivity contribution in [2.45, 2.75) is 13.8 Å². The Morgan fingerprint density at radius 1 is 1.11 bits per heavy atom. The average Bonchev–Trinajstić information content (AvgIpc) is 2.44. The minimum Gasteiger partial charge on any atom is -0.268 e. The predicted molar refractivity (Wildman–Crippen MR) is 75.1 cm³/mol. The van der Waals surface area contributed by atoms with Crippen molar-refractivity contribution in [1.29, 1.82) is 0 Å². The van der Waals surface area contributed by atoms with E-state index in [9.17, 15) is 4.79 Å². The van der Waals surface area contributed by atoms with Gasteiger partial charge in [-0.1, -0.05) is 18.2 Å². The molecular weight excluding hydrogens is 238 g/mol. The van der Waals surface area contributed by atoms with E-state index in [0.29, 0.717) is 5.56 Å². The van der Waals surface area contributed by atoms with Gasteiger partial charge in [0.25, 0.3) is 5.56 Å². The summed E-state index contributed by atoms with van der Waals surface area (Å²) in [6, 6.07) is 9.96. The number of para-hydroxylation sites is 1. The Balaban J connectivity index is 2.25. The molecule has 3 rings (SSSR count). The number of hydrogen-bond acceptors (Lipinski definition) is 3. The monoisotopic (exact) mass is 251 g/mol. The zero-order valence-corrected chi connectivity index (χ0v) is 10.8. The Morgan fingerprint density at radius 3 is 2.74 bits per heavy atom. The molecule has 0 aliphatic carbocycles. The molecule has 1 aromatic carbocycles. The van der Waals surface area contributed by atoms with Crippen molar-refractivity contribution in [3.8, 4) is 11.3 Å². The molecule has 0 bridgehead atoms. The molecule has 0 amide bonds. The number of rotatable bonds is 1. The fourth-order valence-corrected chi connectivity index (χ4v) is 2.10. The normalized spacial score (nSPS) is 10.8. The van der Waals surface area contributed by atoms with Gasteiger partial charge >= 0.3 is 0 Å². The van der Waals surface area contributed by atoms with Crippen LogP contribution >= 0.6 is 0 Å². The molecule has 94 valence electrons. The van der Waals surface area contributed by atoms with Gasteiger partial charge in [-0.15, -0.1) is 0 Å². The molecule has 0 saturated carbocycles. The number of aromatic nitrogens is 3. The Kier molecular flexibility index (Phi) is 2.63. The second-order valence-electron chi connectivity index (χ2n) is 4.57. The number of hydrogen-bond donors (Lipinski definition) is 1. The summed E-state index contributed by atoms with van der Waals surface area (Å²) in [5, 5.41) is 7.72. The van der Waals surface area contributed by atoms with Gasteiger partial charge in [-0.2, -0.15) is 5.10 Å². The lowest BCUT2D eigenvalue weighted by atomic mass is 10.0. The molecule has 0 spiro atoms. The molecule has 2 heterocycles. The van der Waals surface area contributed by atoms with Crippen molar-refractivity contribution < 1.29 is 0 Å². The first-order valence-electron chi connectivity index (χ1n) is 6.08. The highest BCUT2D eigenvalue weighted by molar-refractivity contribution is 5.83.